The molecule has 1 saturated carbocycles. The Morgan fingerprint density at radius 2 is 1.82 bits per heavy atom. The zero-order chi connectivity index (χ0) is 23.4. The molecule has 1 heterocycles. The zero-order valence-electron chi connectivity index (χ0n) is 18.8. The third-order valence-corrected chi connectivity index (χ3v) is 8.04. The minimum Gasteiger partial charge on any atom is -0.396 e. The summed E-state index contributed by atoms with van der Waals surface area (Å²) in [5.41, 5.74) is 1.95. The molecule has 1 aliphatic rings. The van der Waals surface area contributed by atoms with Crippen molar-refractivity contribution in [1.29, 1.82) is 0 Å². The fourth-order valence-corrected chi connectivity index (χ4v) is 5.95. The Balaban J connectivity index is 1.34. The van der Waals surface area contributed by atoms with Crippen molar-refractivity contribution in [3.05, 3.63) is 66.4 Å². The summed E-state index contributed by atoms with van der Waals surface area (Å²) in [5.74, 6) is -0.190. The Labute approximate surface area is 194 Å². The van der Waals surface area contributed by atoms with Crippen molar-refractivity contribution in [3.63, 3.8) is 0 Å². The summed E-state index contributed by atoms with van der Waals surface area (Å²) in [6.45, 7) is -0.0108. The van der Waals surface area contributed by atoms with Gasteiger partial charge in [0.05, 0.1) is 10.9 Å². The summed E-state index contributed by atoms with van der Waals surface area (Å²) in [7, 11) is -1.70. The van der Waals surface area contributed by atoms with Crippen LogP contribution in [0.15, 0.2) is 65.7 Å². The SMILES string of the molecule is Cn1ccc2cc(S(=O)(=O)N[C@H]3CC[C@H](C(=O)N[C@H](CCO)c4ccccc4)CC3)ccc21. The monoisotopic (exact) mass is 469 g/mol. The Morgan fingerprint density at radius 1 is 1.09 bits per heavy atom. The van der Waals surface area contributed by atoms with Crippen molar-refractivity contribution in [2.75, 3.05) is 6.61 Å². The third-order valence-electron chi connectivity index (χ3n) is 6.52. The summed E-state index contributed by atoms with van der Waals surface area (Å²) < 4.78 is 30.6. The molecule has 1 aromatic heterocycles. The van der Waals surface area contributed by atoms with Crippen LogP contribution in [-0.4, -0.2) is 36.6 Å². The highest BCUT2D eigenvalue weighted by atomic mass is 32.2. The number of hydrogen-bond acceptors (Lipinski definition) is 4. The molecule has 1 atom stereocenters. The van der Waals surface area contributed by atoms with Gasteiger partial charge < -0.3 is 15.0 Å². The second-order valence-electron chi connectivity index (χ2n) is 8.80. The fourth-order valence-electron chi connectivity index (χ4n) is 4.61. The molecule has 0 spiro atoms. The number of fused-ring (bicyclic) bond motifs is 1. The number of amides is 1. The van der Waals surface area contributed by atoms with Gasteiger partial charge in [-0.3, -0.25) is 4.79 Å². The average Bonchev–Trinajstić information content (AvgIpc) is 3.19. The van der Waals surface area contributed by atoms with Crippen LogP contribution >= 0.6 is 0 Å². The maximum absolute atomic E-state index is 12.9. The number of sulfonamides is 1. The highest BCUT2D eigenvalue weighted by Crippen LogP contribution is 2.28. The van der Waals surface area contributed by atoms with Gasteiger partial charge in [0.1, 0.15) is 0 Å². The second-order valence-corrected chi connectivity index (χ2v) is 10.5. The molecule has 0 unspecified atom stereocenters. The fraction of sp³-hybridized carbons (Fsp3) is 0.400. The van der Waals surface area contributed by atoms with Crippen LogP contribution in [0.25, 0.3) is 10.9 Å². The number of nitrogens with zero attached hydrogens (tertiary/aromatic N) is 1. The quantitative estimate of drug-likeness (QED) is 0.471. The molecular weight excluding hydrogens is 438 g/mol. The largest absolute Gasteiger partial charge is 0.396 e. The molecule has 7 nitrogen and oxygen atoms in total. The molecule has 0 radical (unpaired) electrons. The molecule has 3 aromatic rings. The first-order valence-corrected chi connectivity index (χ1v) is 12.9. The Morgan fingerprint density at radius 3 is 2.52 bits per heavy atom. The maximum Gasteiger partial charge on any atom is 0.240 e. The lowest BCUT2D eigenvalue weighted by atomic mass is 9.85. The molecule has 0 aliphatic heterocycles. The summed E-state index contributed by atoms with van der Waals surface area (Å²) >= 11 is 0. The van der Waals surface area contributed by atoms with Crippen LogP contribution in [0.2, 0.25) is 0 Å². The van der Waals surface area contributed by atoms with E-state index in [1.54, 1.807) is 12.1 Å². The Hall–Kier alpha value is -2.68. The van der Waals surface area contributed by atoms with Gasteiger partial charge in [0.25, 0.3) is 0 Å². The van der Waals surface area contributed by atoms with Crippen molar-refractivity contribution in [2.45, 2.75) is 49.1 Å². The van der Waals surface area contributed by atoms with E-state index in [0.717, 1.165) is 16.5 Å². The van der Waals surface area contributed by atoms with Gasteiger partial charge in [-0.05, 0) is 61.9 Å². The van der Waals surface area contributed by atoms with Gasteiger partial charge in [0.15, 0.2) is 0 Å². The van der Waals surface area contributed by atoms with E-state index in [9.17, 15) is 18.3 Å². The number of aromatic nitrogens is 1. The number of carbonyl (C=O) groups is 1. The smallest absolute Gasteiger partial charge is 0.240 e. The van der Waals surface area contributed by atoms with E-state index < -0.39 is 10.0 Å². The minimum atomic E-state index is -3.63. The zero-order valence-corrected chi connectivity index (χ0v) is 19.6. The van der Waals surface area contributed by atoms with Gasteiger partial charge in [-0.15, -0.1) is 0 Å². The molecule has 1 amide bonds. The van der Waals surface area contributed by atoms with Crippen LogP contribution in [0, 0.1) is 5.92 Å². The number of hydrogen-bond donors (Lipinski definition) is 3. The van der Waals surface area contributed by atoms with E-state index in [4.69, 9.17) is 0 Å². The number of nitrogens with one attached hydrogen (secondary N) is 2. The van der Waals surface area contributed by atoms with Crippen molar-refractivity contribution in [2.24, 2.45) is 13.0 Å². The highest BCUT2D eigenvalue weighted by molar-refractivity contribution is 7.89. The molecule has 8 heteroatoms. The number of aryl methyl sites for hydroxylation is 1. The molecule has 0 bridgehead atoms. The van der Waals surface area contributed by atoms with Crippen LogP contribution in [0.4, 0.5) is 0 Å². The summed E-state index contributed by atoms with van der Waals surface area (Å²) in [4.78, 5) is 13.1. The molecule has 33 heavy (non-hydrogen) atoms. The molecule has 2 aromatic carbocycles. The van der Waals surface area contributed by atoms with Gasteiger partial charge in [0.2, 0.25) is 15.9 Å². The highest BCUT2D eigenvalue weighted by Gasteiger charge is 2.30. The molecule has 3 N–H and O–H groups in total. The van der Waals surface area contributed by atoms with Crippen LogP contribution < -0.4 is 10.0 Å². The van der Waals surface area contributed by atoms with Crippen molar-refractivity contribution in [3.8, 4) is 0 Å². The van der Waals surface area contributed by atoms with Gasteiger partial charge in [-0.25, -0.2) is 13.1 Å². The average molecular weight is 470 g/mol. The number of aliphatic hydroxyl groups is 1. The van der Waals surface area contributed by atoms with Crippen LogP contribution in [0.3, 0.4) is 0 Å². The first kappa shape index (κ1) is 23.5. The lowest BCUT2D eigenvalue weighted by molar-refractivity contribution is -0.126. The van der Waals surface area contributed by atoms with Crippen LogP contribution in [-0.2, 0) is 21.9 Å². The number of aliphatic hydroxyl groups excluding tert-OH is 1. The maximum atomic E-state index is 12.9. The number of benzene rings is 2. The normalized spacial score (nSPS) is 19.9. The van der Waals surface area contributed by atoms with E-state index in [0.29, 0.717) is 32.1 Å². The van der Waals surface area contributed by atoms with Gasteiger partial charge in [-0.2, -0.15) is 0 Å². The molecule has 176 valence electrons. The van der Waals surface area contributed by atoms with Crippen molar-refractivity contribution >= 4 is 26.8 Å². The van der Waals surface area contributed by atoms with E-state index >= 15 is 0 Å². The standard InChI is InChI=1S/C25H31N3O4S/c1-28-15-13-20-17-22(11-12-24(20)28)33(31,32)27-21-9-7-19(8-10-21)25(30)26-23(14-16-29)18-5-3-2-4-6-18/h2-6,11-13,15,17,19,21,23,27,29H,7-10,14,16H2,1H3,(H,26,30)/t19-,21-,23-/m1/s1. The second kappa shape index (κ2) is 10.1. The van der Waals surface area contributed by atoms with Crippen LogP contribution in [0.1, 0.15) is 43.7 Å². The van der Waals surface area contributed by atoms with Crippen molar-refractivity contribution in [1.82, 2.24) is 14.6 Å². The Kier molecular flexibility index (Phi) is 7.17. The van der Waals surface area contributed by atoms with E-state index in [2.05, 4.69) is 10.0 Å². The van der Waals surface area contributed by atoms with Crippen molar-refractivity contribution < 1.29 is 18.3 Å². The summed E-state index contributed by atoms with van der Waals surface area (Å²) in [5, 5.41) is 13.4. The minimum absolute atomic E-state index is 0.0108. The van der Waals surface area contributed by atoms with E-state index in [-0.39, 0.29) is 35.4 Å². The predicted octanol–water partition coefficient (Wildman–Crippen LogP) is 3.26. The Bertz CT molecular complexity index is 1200. The first-order valence-electron chi connectivity index (χ1n) is 11.4. The topological polar surface area (TPSA) is 100 Å². The third kappa shape index (κ3) is 5.46. The van der Waals surface area contributed by atoms with Gasteiger partial charge in [0, 0.05) is 42.7 Å². The molecule has 4 rings (SSSR count). The van der Waals surface area contributed by atoms with E-state index in [1.165, 1.54) is 0 Å². The van der Waals surface area contributed by atoms with E-state index in [1.807, 2.05) is 60.3 Å². The molecular formula is C25H31N3O4S. The van der Waals surface area contributed by atoms with Gasteiger partial charge >= 0.3 is 0 Å². The predicted molar refractivity (Wildman–Crippen MR) is 128 cm³/mol. The number of carbonyl (C=O) groups excluding carboxylic acids is 1. The molecule has 1 fully saturated rings. The summed E-state index contributed by atoms with van der Waals surface area (Å²) in [6.07, 6.45) is 4.83. The molecule has 1 aliphatic carbocycles. The lowest BCUT2D eigenvalue weighted by Crippen LogP contribution is -2.41. The van der Waals surface area contributed by atoms with Crippen LogP contribution in [0.5, 0.6) is 0 Å². The summed E-state index contributed by atoms with van der Waals surface area (Å²) in [6, 6.07) is 16.3. The lowest BCUT2D eigenvalue weighted by Gasteiger charge is -2.29. The van der Waals surface area contributed by atoms with Gasteiger partial charge in [-0.1, -0.05) is 30.3 Å². The molecule has 0 saturated heterocycles. The number of rotatable bonds is 8. The first-order chi connectivity index (χ1) is 15.9.